The van der Waals surface area contributed by atoms with E-state index in [9.17, 15) is 19.5 Å². The van der Waals surface area contributed by atoms with E-state index in [1.165, 1.54) is 23.9 Å². The van der Waals surface area contributed by atoms with Gasteiger partial charge >= 0.3 is 5.97 Å². The normalized spacial score (nSPS) is 11.4. The Balaban J connectivity index is 1.50. The molecule has 12 heteroatoms. The van der Waals surface area contributed by atoms with Crippen molar-refractivity contribution in [2.75, 3.05) is 26.1 Å². The molecule has 3 rings (SSSR count). The number of nitrogens with one attached hydrogen (secondary N) is 2. The Morgan fingerprint density at radius 3 is 2.46 bits per heavy atom. The lowest BCUT2D eigenvalue weighted by Crippen LogP contribution is -2.32. The SMILES string of the molecule is COc1ccc(CCNC(=O)C(C)Sc2nnc(NC(=O)c3ccccc3C(=O)O)s2)cc1OC. The van der Waals surface area contributed by atoms with Gasteiger partial charge in [-0.1, -0.05) is 41.3 Å². The van der Waals surface area contributed by atoms with Gasteiger partial charge in [0.2, 0.25) is 11.0 Å². The van der Waals surface area contributed by atoms with Crippen LogP contribution in [0.15, 0.2) is 46.8 Å². The number of carbonyl (C=O) groups is 3. The maximum Gasteiger partial charge on any atom is 0.336 e. The molecular formula is C23H24N4O6S2. The van der Waals surface area contributed by atoms with E-state index in [1.54, 1.807) is 33.3 Å². The van der Waals surface area contributed by atoms with E-state index in [2.05, 4.69) is 20.8 Å². The molecule has 0 aliphatic carbocycles. The summed E-state index contributed by atoms with van der Waals surface area (Å²) in [6, 6.07) is 11.5. The first-order chi connectivity index (χ1) is 16.8. The van der Waals surface area contributed by atoms with Crippen LogP contribution in [0.25, 0.3) is 0 Å². The molecule has 3 aromatic rings. The number of methoxy groups -OCH3 is 2. The summed E-state index contributed by atoms with van der Waals surface area (Å²) in [5.41, 5.74) is 0.909. The Morgan fingerprint density at radius 1 is 1.06 bits per heavy atom. The van der Waals surface area contributed by atoms with Crippen LogP contribution in [0, 0.1) is 0 Å². The van der Waals surface area contributed by atoms with E-state index in [1.807, 2.05) is 18.2 Å². The summed E-state index contributed by atoms with van der Waals surface area (Å²) in [5.74, 6) is -0.687. The fraction of sp³-hybridized carbons (Fsp3) is 0.261. The molecule has 0 saturated heterocycles. The van der Waals surface area contributed by atoms with Crippen LogP contribution >= 0.6 is 23.1 Å². The lowest BCUT2D eigenvalue weighted by molar-refractivity contribution is -0.120. The second kappa shape index (κ2) is 12.2. The van der Waals surface area contributed by atoms with E-state index < -0.39 is 17.1 Å². The number of benzene rings is 2. The molecule has 0 bridgehead atoms. The molecule has 10 nitrogen and oxygen atoms in total. The van der Waals surface area contributed by atoms with Gasteiger partial charge in [0.1, 0.15) is 0 Å². The first-order valence-electron chi connectivity index (χ1n) is 10.4. The minimum atomic E-state index is -1.20. The Kier molecular flexibility index (Phi) is 9.04. The molecule has 0 aliphatic heterocycles. The number of nitrogens with zero attached hydrogens (tertiary/aromatic N) is 2. The highest BCUT2D eigenvalue weighted by Crippen LogP contribution is 2.30. The number of carboxylic acid groups (broad SMARTS) is 1. The number of rotatable bonds is 11. The van der Waals surface area contributed by atoms with Gasteiger partial charge in [0, 0.05) is 6.54 Å². The minimum absolute atomic E-state index is 0.0200. The molecule has 2 aromatic carbocycles. The van der Waals surface area contributed by atoms with Gasteiger partial charge in [0.25, 0.3) is 5.91 Å². The zero-order valence-electron chi connectivity index (χ0n) is 19.2. The van der Waals surface area contributed by atoms with Gasteiger partial charge in [-0.2, -0.15) is 0 Å². The van der Waals surface area contributed by atoms with Gasteiger partial charge in [-0.25, -0.2) is 4.79 Å². The molecule has 1 heterocycles. The summed E-state index contributed by atoms with van der Waals surface area (Å²) >= 11 is 2.31. The van der Waals surface area contributed by atoms with Crippen LogP contribution in [-0.2, 0) is 11.2 Å². The first-order valence-corrected chi connectivity index (χ1v) is 12.1. The molecule has 0 fully saturated rings. The predicted molar refractivity (Wildman–Crippen MR) is 133 cm³/mol. The second-order valence-electron chi connectivity index (χ2n) is 7.17. The fourth-order valence-corrected chi connectivity index (χ4v) is 4.97. The van der Waals surface area contributed by atoms with Crippen LogP contribution in [0.5, 0.6) is 11.5 Å². The maximum absolute atomic E-state index is 12.5. The molecule has 0 spiro atoms. The highest BCUT2D eigenvalue weighted by Gasteiger charge is 2.20. The van der Waals surface area contributed by atoms with Crippen LogP contribution in [-0.4, -0.2) is 59.1 Å². The average Bonchev–Trinajstić information content (AvgIpc) is 3.30. The summed E-state index contributed by atoms with van der Waals surface area (Å²) in [7, 11) is 3.14. The number of anilines is 1. The molecule has 0 saturated carbocycles. The lowest BCUT2D eigenvalue weighted by Gasteiger charge is -2.12. The molecule has 1 aromatic heterocycles. The van der Waals surface area contributed by atoms with E-state index in [4.69, 9.17) is 9.47 Å². The standard InChI is InChI=1S/C23H24N4O6S2/c1-13(19(28)24-11-10-14-8-9-17(32-2)18(12-14)33-3)34-23-27-26-22(35-23)25-20(29)15-6-4-5-7-16(15)21(30)31/h4-9,12-13H,10-11H2,1-3H3,(H,24,28)(H,30,31)(H,25,26,29). The van der Waals surface area contributed by atoms with Crippen LogP contribution < -0.4 is 20.1 Å². The van der Waals surface area contributed by atoms with Crippen molar-refractivity contribution in [1.82, 2.24) is 15.5 Å². The molecule has 35 heavy (non-hydrogen) atoms. The number of aromatic nitrogens is 2. The first kappa shape index (κ1) is 26.0. The van der Waals surface area contributed by atoms with Crippen LogP contribution in [0.1, 0.15) is 33.2 Å². The molecule has 2 amide bonds. The van der Waals surface area contributed by atoms with E-state index in [0.29, 0.717) is 28.8 Å². The van der Waals surface area contributed by atoms with Gasteiger partial charge in [0.05, 0.1) is 30.6 Å². The number of carbonyl (C=O) groups excluding carboxylic acids is 2. The minimum Gasteiger partial charge on any atom is -0.493 e. The zero-order chi connectivity index (χ0) is 25.4. The smallest absolute Gasteiger partial charge is 0.336 e. The molecule has 1 atom stereocenters. The second-order valence-corrected chi connectivity index (χ2v) is 9.73. The largest absolute Gasteiger partial charge is 0.493 e. The highest BCUT2D eigenvalue weighted by atomic mass is 32.2. The summed E-state index contributed by atoms with van der Waals surface area (Å²) in [4.78, 5) is 36.3. The number of carboxylic acids is 1. The van der Waals surface area contributed by atoms with Crippen molar-refractivity contribution in [2.24, 2.45) is 0 Å². The van der Waals surface area contributed by atoms with Crippen LogP contribution in [0.4, 0.5) is 5.13 Å². The van der Waals surface area contributed by atoms with Crippen LogP contribution in [0.3, 0.4) is 0 Å². The van der Waals surface area contributed by atoms with Gasteiger partial charge in [0.15, 0.2) is 15.8 Å². The Bertz CT molecular complexity index is 1220. The Hall–Kier alpha value is -3.64. The number of aromatic carboxylic acids is 1. The molecular weight excluding hydrogens is 492 g/mol. The lowest BCUT2D eigenvalue weighted by atomic mass is 10.1. The number of ether oxygens (including phenoxy) is 2. The number of amides is 2. The van der Waals surface area contributed by atoms with E-state index in [0.717, 1.165) is 16.9 Å². The van der Waals surface area contributed by atoms with Crippen molar-refractivity contribution in [3.05, 3.63) is 59.2 Å². The zero-order valence-corrected chi connectivity index (χ0v) is 20.9. The molecule has 1 unspecified atom stereocenters. The predicted octanol–water partition coefficient (Wildman–Crippen LogP) is 3.35. The van der Waals surface area contributed by atoms with Crippen LogP contribution in [0.2, 0.25) is 0 Å². The number of thioether (sulfide) groups is 1. The monoisotopic (exact) mass is 516 g/mol. The fourth-order valence-electron chi connectivity index (χ4n) is 3.05. The third-order valence-electron chi connectivity index (χ3n) is 4.84. The molecule has 0 radical (unpaired) electrons. The topological polar surface area (TPSA) is 140 Å². The van der Waals surface area contributed by atoms with Gasteiger partial charge in [-0.3, -0.25) is 14.9 Å². The van der Waals surface area contributed by atoms with E-state index >= 15 is 0 Å². The van der Waals surface area contributed by atoms with Gasteiger partial charge in [-0.15, -0.1) is 10.2 Å². The quantitative estimate of drug-likeness (QED) is 0.258. The molecule has 0 aliphatic rings. The number of hydrogen-bond donors (Lipinski definition) is 3. The Morgan fingerprint density at radius 2 is 1.77 bits per heavy atom. The summed E-state index contributed by atoms with van der Waals surface area (Å²) in [5, 5.41) is 22.4. The van der Waals surface area contributed by atoms with Crippen molar-refractivity contribution in [3.8, 4) is 11.5 Å². The average molecular weight is 517 g/mol. The third kappa shape index (κ3) is 6.93. The molecule has 184 valence electrons. The van der Waals surface area contributed by atoms with Gasteiger partial charge < -0.3 is 19.9 Å². The van der Waals surface area contributed by atoms with Crippen molar-refractivity contribution in [1.29, 1.82) is 0 Å². The van der Waals surface area contributed by atoms with Crippen molar-refractivity contribution < 1.29 is 29.0 Å². The Labute approximate surface area is 210 Å². The van der Waals surface area contributed by atoms with Crippen molar-refractivity contribution in [2.45, 2.75) is 22.9 Å². The van der Waals surface area contributed by atoms with Gasteiger partial charge in [-0.05, 0) is 43.2 Å². The molecule has 3 N–H and O–H groups in total. The van der Waals surface area contributed by atoms with E-state index in [-0.39, 0.29) is 22.2 Å². The third-order valence-corrected chi connectivity index (χ3v) is 6.86. The summed E-state index contributed by atoms with van der Waals surface area (Å²) in [6.45, 7) is 2.19. The highest BCUT2D eigenvalue weighted by molar-refractivity contribution is 8.02. The summed E-state index contributed by atoms with van der Waals surface area (Å²) < 4.78 is 11.0. The summed E-state index contributed by atoms with van der Waals surface area (Å²) in [6.07, 6.45) is 0.621. The van der Waals surface area contributed by atoms with Crippen molar-refractivity contribution >= 4 is 46.0 Å². The maximum atomic E-state index is 12.5. The number of hydrogen-bond acceptors (Lipinski definition) is 9. The van der Waals surface area contributed by atoms with Crippen molar-refractivity contribution in [3.63, 3.8) is 0 Å².